The van der Waals surface area contributed by atoms with Gasteiger partial charge in [-0.25, -0.2) is 0 Å². The molecule has 1 aliphatic rings. The molecule has 5 heteroatoms. The number of para-hydroxylation sites is 1. The predicted octanol–water partition coefficient (Wildman–Crippen LogP) is 2.38. The number of carbonyl (C=O) groups excluding carboxylic acids is 1. The zero-order valence-corrected chi connectivity index (χ0v) is 13.5. The maximum atomic E-state index is 12.5. The first-order valence-corrected chi connectivity index (χ1v) is 7.87. The van der Waals surface area contributed by atoms with Gasteiger partial charge in [0.05, 0.1) is 11.7 Å². The van der Waals surface area contributed by atoms with Crippen LogP contribution in [0, 0.1) is 5.92 Å². The fourth-order valence-corrected chi connectivity index (χ4v) is 2.58. The molecule has 0 aromatic heterocycles. The number of nitrogens with two attached hydrogens (primary N) is 1. The highest BCUT2D eigenvalue weighted by Crippen LogP contribution is 2.30. The van der Waals surface area contributed by atoms with E-state index in [9.17, 15) is 4.79 Å². The van der Waals surface area contributed by atoms with Gasteiger partial charge in [0.15, 0.2) is 0 Å². The van der Waals surface area contributed by atoms with Crippen molar-refractivity contribution in [1.82, 2.24) is 4.90 Å². The van der Waals surface area contributed by atoms with E-state index in [0.717, 1.165) is 19.0 Å². The Morgan fingerprint density at radius 2 is 2.14 bits per heavy atom. The van der Waals surface area contributed by atoms with Crippen LogP contribution in [-0.4, -0.2) is 34.9 Å². The van der Waals surface area contributed by atoms with Gasteiger partial charge in [-0.2, -0.15) is 0 Å². The van der Waals surface area contributed by atoms with Gasteiger partial charge < -0.3 is 11.1 Å². The molecular formula is C16H23N3OS. The zero-order valence-electron chi connectivity index (χ0n) is 12.6. The van der Waals surface area contributed by atoms with E-state index in [1.807, 2.05) is 31.2 Å². The lowest BCUT2D eigenvalue weighted by Crippen LogP contribution is -2.43. The number of anilines is 1. The van der Waals surface area contributed by atoms with Crippen LogP contribution in [0.15, 0.2) is 24.3 Å². The summed E-state index contributed by atoms with van der Waals surface area (Å²) in [7, 11) is 0. The van der Waals surface area contributed by atoms with Gasteiger partial charge in [0.2, 0.25) is 5.91 Å². The monoisotopic (exact) mass is 305 g/mol. The lowest BCUT2D eigenvalue weighted by atomic mass is 10.1. The van der Waals surface area contributed by atoms with Crippen LogP contribution in [0.5, 0.6) is 0 Å². The van der Waals surface area contributed by atoms with Crippen LogP contribution in [0.25, 0.3) is 0 Å². The number of thiocarbonyl (C=S) groups is 1. The Hall–Kier alpha value is -1.46. The fraction of sp³-hybridized carbons (Fsp3) is 0.500. The molecule has 3 N–H and O–H groups in total. The zero-order chi connectivity index (χ0) is 15.4. The van der Waals surface area contributed by atoms with Crippen LogP contribution in [0.1, 0.15) is 32.3 Å². The Labute approximate surface area is 131 Å². The standard InChI is InChI=1S/C16H23N3OS/c1-3-19(10-12-8-9-12)11(2)16(20)18-14-7-5-4-6-13(14)15(17)21/h4-7,11-12H,3,8-10H2,1-2H3,(H2,17,21)(H,18,20). The van der Waals surface area contributed by atoms with Gasteiger partial charge in [0.1, 0.15) is 4.99 Å². The molecule has 1 aliphatic carbocycles. The molecule has 0 saturated heterocycles. The average Bonchev–Trinajstić information content (AvgIpc) is 3.28. The second-order valence-electron chi connectivity index (χ2n) is 5.61. The van der Waals surface area contributed by atoms with E-state index in [0.29, 0.717) is 16.2 Å². The Bertz CT molecular complexity index is 528. The van der Waals surface area contributed by atoms with Crippen molar-refractivity contribution in [3.8, 4) is 0 Å². The molecule has 0 heterocycles. The summed E-state index contributed by atoms with van der Waals surface area (Å²) in [6.07, 6.45) is 2.57. The van der Waals surface area contributed by atoms with Crippen LogP contribution in [-0.2, 0) is 4.79 Å². The minimum Gasteiger partial charge on any atom is -0.389 e. The van der Waals surface area contributed by atoms with E-state index in [1.165, 1.54) is 12.8 Å². The third kappa shape index (κ3) is 4.25. The van der Waals surface area contributed by atoms with Crippen molar-refractivity contribution in [2.75, 3.05) is 18.4 Å². The molecular weight excluding hydrogens is 282 g/mol. The third-order valence-electron chi connectivity index (χ3n) is 3.97. The van der Waals surface area contributed by atoms with Gasteiger partial charge in [-0.05, 0) is 44.4 Å². The number of hydrogen-bond acceptors (Lipinski definition) is 3. The number of nitrogens with zero attached hydrogens (tertiary/aromatic N) is 1. The normalized spacial score (nSPS) is 15.8. The highest BCUT2D eigenvalue weighted by molar-refractivity contribution is 7.80. The largest absolute Gasteiger partial charge is 0.389 e. The molecule has 21 heavy (non-hydrogen) atoms. The van der Waals surface area contributed by atoms with E-state index in [-0.39, 0.29) is 11.9 Å². The first-order chi connectivity index (χ1) is 10.0. The summed E-state index contributed by atoms with van der Waals surface area (Å²) in [6, 6.07) is 7.22. The smallest absolute Gasteiger partial charge is 0.241 e. The Morgan fingerprint density at radius 1 is 1.48 bits per heavy atom. The molecule has 1 saturated carbocycles. The average molecular weight is 305 g/mol. The number of carbonyl (C=O) groups is 1. The van der Waals surface area contributed by atoms with E-state index in [4.69, 9.17) is 18.0 Å². The molecule has 0 spiro atoms. The maximum Gasteiger partial charge on any atom is 0.241 e. The molecule has 114 valence electrons. The van der Waals surface area contributed by atoms with E-state index in [2.05, 4.69) is 17.1 Å². The van der Waals surface area contributed by atoms with Crippen molar-refractivity contribution in [2.45, 2.75) is 32.7 Å². The second kappa shape index (κ2) is 7.00. The molecule has 1 fully saturated rings. The van der Waals surface area contributed by atoms with Crippen LogP contribution in [0.2, 0.25) is 0 Å². The van der Waals surface area contributed by atoms with Crippen LogP contribution in [0.4, 0.5) is 5.69 Å². The first-order valence-electron chi connectivity index (χ1n) is 7.46. The van der Waals surface area contributed by atoms with Crippen molar-refractivity contribution < 1.29 is 4.79 Å². The quantitative estimate of drug-likeness (QED) is 0.759. The Morgan fingerprint density at radius 3 is 2.71 bits per heavy atom. The van der Waals surface area contributed by atoms with Gasteiger partial charge in [-0.1, -0.05) is 31.3 Å². The van der Waals surface area contributed by atoms with Crippen LogP contribution in [0.3, 0.4) is 0 Å². The number of benzene rings is 1. The lowest BCUT2D eigenvalue weighted by Gasteiger charge is -2.27. The summed E-state index contributed by atoms with van der Waals surface area (Å²) in [5.41, 5.74) is 7.09. The number of rotatable bonds is 7. The molecule has 1 atom stereocenters. The molecule has 1 aromatic carbocycles. The van der Waals surface area contributed by atoms with Crippen molar-refractivity contribution in [2.24, 2.45) is 11.7 Å². The van der Waals surface area contributed by atoms with E-state index >= 15 is 0 Å². The van der Waals surface area contributed by atoms with E-state index in [1.54, 1.807) is 0 Å². The summed E-state index contributed by atoms with van der Waals surface area (Å²) in [6.45, 7) is 5.92. The van der Waals surface area contributed by atoms with Crippen molar-refractivity contribution in [3.05, 3.63) is 29.8 Å². The van der Waals surface area contributed by atoms with E-state index < -0.39 is 0 Å². The van der Waals surface area contributed by atoms with Crippen molar-refractivity contribution >= 4 is 28.8 Å². The second-order valence-corrected chi connectivity index (χ2v) is 6.05. The van der Waals surface area contributed by atoms with Gasteiger partial charge in [-0.15, -0.1) is 0 Å². The Kier molecular flexibility index (Phi) is 5.31. The number of amides is 1. The summed E-state index contributed by atoms with van der Waals surface area (Å²) in [5.74, 6) is 0.755. The highest BCUT2D eigenvalue weighted by Gasteiger charge is 2.28. The number of hydrogen-bond donors (Lipinski definition) is 2. The molecule has 0 radical (unpaired) electrons. The van der Waals surface area contributed by atoms with Gasteiger partial charge in [-0.3, -0.25) is 9.69 Å². The van der Waals surface area contributed by atoms with Crippen molar-refractivity contribution in [1.29, 1.82) is 0 Å². The molecule has 4 nitrogen and oxygen atoms in total. The summed E-state index contributed by atoms with van der Waals surface area (Å²) in [4.78, 5) is 15.0. The number of likely N-dealkylation sites (N-methyl/N-ethyl adjacent to an activating group) is 1. The third-order valence-corrected chi connectivity index (χ3v) is 4.19. The Balaban J connectivity index is 2.04. The minimum absolute atomic E-state index is 0.0128. The van der Waals surface area contributed by atoms with Crippen molar-refractivity contribution in [3.63, 3.8) is 0 Å². The molecule has 0 bridgehead atoms. The molecule has 1 amide bonds. The summed E-state index contributed by atoms with van der Waals surface area (Å²) >= 11 is 5.02. The van der Waals surface area contributed by atoms with Gasteiger partial charge >= 0.3 is 0 Å². The molecule has 0 aliphatic heterocycles. The predicted molar refractivity (Wildman–Crippen MR) is 90.4 cm³/mol. The minimum atomic E-state index is -0.157. The van der Waals surface area contributed by atoms with Gasteiger partial charge in [0.25, 0.3) is 0 Å². The molecule has 1 aromatic rings. The van der Waals surface area contributed by atoms with Crippen LogP contribution < -0.4 is 11.1 Å². The molecule has 2 rings (SSSR count). The SMILES string of the molecule is CCN(CC1CC1)C(C)C(=O)Nc1ccccc1C(N)=S. The topological polar surface area (TPSA) is 58.4 Å². The summed E-state index contributed by atoms with van der Waals surface area (Å²) < 4.78 is 0. The highest BCUT2D eigenvalue weighted by atomic mass is 32.1. The fourth-order valence-electron chi connectivity index (χ4n) is 2.40. The van der Waals surface area contributed by atoms with Crippen LogP contribution >= 0.6 is 12.2 Å². The summed E-state index contributed by atoms with van der Waals surface area (Å²) in [5, 5.41) is 2.95. The van der Waals surface area contributed by atoms with Gasteiger partial charge in [0, 0.05) is 12.1 Å². The maximum absolute atomic E-state index is 12.5. The lowest BCUT2D eigenvalue weighted by molar-refractivity contribution is -0.120. The first kappa shape index (κ1) is 15.9. The number of nitrogens with one attached hydrogen (secondary N) is 1. The molecule has 1 unspecified atom stereocenters.